The Kier molecular flexibility index (Phi) is 4.02. The summed E-state index contributed by atoms with van der Waals surface area (Å²) in [6.07, 6.45) is 5.75. The van der Waals surface area contributed by atoms with Crippen molar-refractivity contribution >= 4 is 17.2 Å². The predicted molar refractivity (Wildman–Crippen MR) is 73.3 cm³/mol. The van der Waals surface area contributed by atoms with Gasteiger partial charge in [0.05, 0.1) is 12.0 Å². The topological polar surface area (TPSA) is 68.0 Å². The number of carbonyl (C=O) groups excluding carboxylic acids is 1. The molecular formula is C13H21N3OS. The molecule has 5 heteroatoms. The molecule has 1 aromatic heterocycles. The molecule has 1 saturated carbocycles. The number of aromatic nitrogens is 1. The largest absolute Gasteiger partial charge is 0.349 e. The Balaban J connectivity index is 1.92. The Morgan fingerprint density at radius 2 is 2.50 bits per heavy atom. The average molecular weight is 267 g/mol. The van der Waals surface area contributed by atoms with E-state index in [1.165, 1.54) is 4.88 Å². The molecule has 0 radical (unpaired) electrons. The Labute approximate surface area is 112 Å². The molecule has 0 aliphatic heterocycles. The lowest BCUT2D eigenvalue weighted by Gasteiger charge is -2.27. The van der Waals surface area contributed by atoms with Crippen molar-refractivity contribution in [3.8, 4) is 0 Å². The van der Waals surface area contributed by atoms with Gasteiger partial charge in [0, 0.05) is 17.1 Å². The zero-order valence-electron chi connectivity index (χ0n) is 11.0. The molecule has 2 rings (SSSR count). The van der Waals surface area contributed by atoms with Gasteiger partial charge < -0.3 is 11.1 Å². The number of nitrogens with zero attached hydrogens (tertiary/aromatic N) is 1. The van der Waals surface area contributed by atoms with Crippen LogP contribution in [0.3, 0.4) is 0 Å². The van der Waals surface area contributed by atoms with Crippen molar-refractivity contribution < 1.29 is 4.79 Å². The van der Waals surface area contributed by atoms with Crippen LogP contribution in [0, 0.1) is 5.41 Å². The lowest BCUT2D eigenvalue weighted by Crippen LogP contribution is -2.47. The molecule has 1 fully saturated rings. The van der Waals surface area contributed by atoms with E-state index >= 15 is 0 Å². The summed E-state index contributed by atoms with van der Waals surface area (Å²) in [7, 11) is 0. The van der Waals surface area contributed by atoms with Gasteiger partial charge in [-0.1, -0.05) is 13.3 Å². The van der Waals surface area contributed by atoms with Gasteiger partial charge in [0.15, 0.2) is 0 Å². The molecule has 0 saturated heterocycles. The summed E-state index contributed by atoms with van der Waals surface area (Å²) in [4.78, 5) is 17.8. The maximum Gasteiger partial charge on any atom is 0.227 e. The Morgan fingerprint density at radius 1 is 1.72 bits per heavy atom. The first-order valence-electron chi connectivity index (χ1n) is 6.53. The molecule has 1 amide bonds. The summed E-state index contributed by atoms with van der Waals surface area (Å²) in [6.45, 7) is 4.60. The second kappa shape index (κ2) is 5.36. The molecule has 0 bridgehead atoms. The van der Waals surface area contributed by atoms with Crippen molar-refractivity contribution in [3.05, 3.63) is 16.1 Å². The summed E-state index contributed by atoms with van der Waals surface area (Å²) in [6, 6.07) is -0.0139. The van der Waals surface area contributed by atoms with E-state index in [4.69, 9.17) is 5.73 Å². The third-order valence-electron chi connectivity index (χ3n) is 3.90. The van der Waals surface area contributed by atoms with Crippen molar-refractivity contribution in [1.29, 1.82) is 0 Å². The molecule has 2 atom stereocenters. The van der Waals surface area contributed by atoms with Crippen LogP contribution in [0.1, 0.15) is 43.0 Å². The van der Waals surface area contributed by atoms with Crippen LogP contribution < -0.4 is 11.1 Å². The van der Waals surface area contributed by atoms with Gasteiger partial charge in [-0.25, -0.2) is 4.98 Å². The van der Waals surface area contributed by atoms with Gasteiger partial charge >= 0.3 is 0 Å². The van der Waals surface area contributed by atoms with Gasteiger partial charge in [-0.3, -0.25) is 4.79 Å². The Bertz CT molecular complexity index is 432. The maximum atomic E-state index is 12.2. The number of carbonyl (C=O) groups is 1. The van der Waals surface area contributed by atoms with Crippen LogP contribution in [0.15, 0.2) is 6.20 Å². The molecule has 2 unspecified atom stereocenters. The van der Waals surface area contributed by atoms with E-state index in [0.29, 0.717) is 6.54 Å². The van der Waals surface area contributed by atoms with Crippen LogP contribution in [0.2, 0.25) is 0 Å². The van der Waals surface area contributed by atoms with Gasteiger partial charge in [-0.15, -0.1) is 11.3 Å². The Morgan fingerprint density at radius 3 is 3.06 bits per heavy atom. The fourth-order valence-corrected chi connectivity index (χ4v) is 3.23. The van der Waals surface area contributed by atoms with Crippen LogP contribution in [0.5, 0.6) is 0 Å². The molecule has 4 nitrogen and oxygen atoms in total. The number of hydrogen-bond acceptors (Lipinski definition) is 4. The SMILES string of the molecule is CCc1cnc(CNC(=O)C2(C)CCCC2N)s1. The molecule has 1 aliphatic rings. The number of thiazole rings is 1. The van der Waals surface area contributed by atoms with Gasteiger partial charge in [0.25, 0.3) is 0 Å². The van der Waals surface area contributed by atoms with Crippen molar-refractivity contribution in [3.63, 3.8) is 0 Å². The highest BCUT2D eigenvalue weighted by atomic mass is 32.1. The molecule has 1 heterocycles. The van der Waals surface area contributed by atoms with E-state index in [-0.39, 0.29) is 11.9 Å². The minimum absolute atomic E-state index is 0.0139. The minimum atomic E-state index is -0.398. The summed E-state index contributed by atoms with van der Waals surface area (Å²) >= 11 is 1.66. The number of amides is 1. The molecule has 0 aromatic carbocycles. The second-order valence-electron chi connectivity index (χ2n) is 5.17. The zero-order valence-corrected chi connectivity index (χ0v) is 11.8. The van der Waals surface area contributed by atoms with Crippen LogP contribution in [0.25, 0.3) is 0 Å². The van der Waals surface area contributed by atoms with E-state index < -0.39 is 5.41 Å². The van der Waals surface area contributed by atoms with E-state index in [2.05, 4.69) is 17.2 Å². The molecule has 0 spiro atoms. The summed E-state index contributed by atoms with van der Waals surface area (Å²) in [5, 5.41) is 3.95. The quantitative estimate of drug-likeness (QED) is 0.874. The van der Waals surface area contributed by atoms with E-state index in [1.54, 1.807) is 11.3 Å². The highest BCUT2D eigenvalue weighted by Gasteiger charge is 2.42. The maximum absolute atomic E-state index is 12.2. The summed E-state index contributed by atoms with van der Waals surface area (Å²) < 4.78 is 0. The predicted octanol–water partition coefficient (Wildman–Crippen LogP) is 1.84. The first kappa shape index (κ1) is 13.5. The number of rotatable bonds is 4. The molecule has 18 heavy (non-hydrogen) atoms. The van der Waals surface area contributed by atoms with Crippen molar-refractivity contribution in [1.82, 2.24) is 10.3 Å². The molecule has 3 N–H and O–H groups in total. The van der Waals surface area contributed by atoms with Crippen LogP contribution in [0.4, 0.5) is 0 Å². The lowest BCUT2D eigenvalue weighted by molar-refractivity contribution is -0.130. The number of aryl methyl sites for hydroxylation is 1. The smallest absolute Gasteiger partial charge is 0.227 e. The number of nitrogens with two attached hydrogens (primary N) is 1. The molecule has 1 aromatic rings. The summed E-state index contributed by atoms with van der Waals surface area (Å²) in [5.41, 5.74) is 5.64. The van der Waals surface area contributed by atoms with Crippen molar-refractivity contribution in [2.45, 2.75) is 52.1 Å². The van der Waals surface area contributed by atoms with E-state index in [9.17, 15) is 4.79 Å². The van der Waals surface area contributed by atoms with E-state index in [1.807, 2.05) is 13.1 Å². The van der Waals surface area contributed by atoms with Gasteiger partial charge in [-0.2, -0.15) is 0 Å². The standard InChI is InChI=1S/C13H21N3OS/c1-3-9-7-15-11(18-9)8-16-12(17)13(2)6-4-5-10(13)14/h7,10H,3-6,8,14H2,1-2H3,(H,16,17). The van der Waals surface area contributed by atoms with Gasteiger partial charge in [0.2, 0.25) is 5.91 Å². The van der Waals surface area contributed by atoms with Crippen molar-refractivity contribution in [2.24, 2.45) is 11.1 Å². The third-order valence-corrected chi connectivity index (χ3v) is 5.04. The molecular weight excluding hydrogens is 246 g/mol. The molecule has 1 aliphatic carbocycles. The van der Waals surface area contributed by atoms with Crippen LogP contribution >= 0.6 is 11.3 Å². The Hall–Kier alpha value is -0.940. The minimum Gasteiger partial charge on any atom is -0.349 e. The van der Waals surface area contributed by atoms with Crippen molar-refractivity contribution in [2.75, 3.05) is 0 Å². The fraction of sp³-hybridized carbons (Fsp3) is 0.692. The fourth-order valence-electron chi connectivity index (χ4n) is 2.43. The normalized spacial score (nSPS) is 27.4. The summed E-state index contributed by atoms with van der Waals surface area (Å²) in [5.74, 6) is 0.0701. The van der Waals surface area contributed by atoms with Crippen LogP contribution in [-0.4, -0.2) is 16.9 Å². The van der Waals surface area contributed by atoms with Crippen LogP contribution in [-0.2, 0) is 17.8 Å². The highest BCUT2D eigenvalue weighted by Crippen LogP contribution is 2.36. The van der Waals surface area contributed by atoms with Gasteiger partial charge in [0.1, 0.15) is 5.01 Å². The lowest BCUT2D eigenvalue weighted by atomic mass is 9.84. The van der Waals surface area contributed by atoms with Gasteiger partial charge in [-0.05, 0) is 26.2 Å². The molecule has 100 valence electrons. The first-order valence-corrected chi connectivity index (χ1v) is 7.35. The number of nitrogens with one attached hydrogen (secondary N) is 1. The third kappa shape index (κ3) is 2.57. The second-order valence-corrected chi connectivity index (χ2v) is 6.37. The first-order chi connectivity index (χ1) is 8.56. The monoisotopic (exact) mass is 267 g/mol. The zero-order chi connectivity index (χ0) is 13.2. The average Bonchev–Trinajstić information content (AvgIpc) is 2.95. The highest BCUT2D eigenvalue weighted by molar-refractivity contribution is 7.11. The van der Waals surface area contributed by atoms with E-state index in [0.717, 1.165) is 30.7 Å². The number of hydrogen-bond donors (Lipinski definition) is 2.